The van der Waals surface area contributed by atoms with Crippen molar-refractivity contribution in [3.8, 4) is 11.1 Å². The number of H-pyrrole nitrogens is 1. The molecule has 6 heterocycles. The number of hydrogen-bond donors (Lipinski definition) is 4. The summed E-state index contributed by atoms with van der Waals surface area (Å²) in [6.07, 6.45) is 8.51. The third-order valence-corrected chi connectivity index (χ3v) is 13.9. The summed E-state index contributed by atoms with van der Waals surface area (Å²) in [5, 5.41) is 10.8. The summed E-state index contributed by atoms with van der Waals surface area (Å²) in [5.41, 5.74) is 3.46. The SMILES string of the molecule is CCc1cccc(-c2cnc(C(=O)N3CCC(CN4CCN(CC[C@H](NC(=O)C5(NC(=O)OC(C)(C)C)CCN(c6ncnc7[nH]ccc67)CC5)c5ccc(Cl)cc5)CC4)CC3)c(NC(C)=O)c2)c1. The van der Waals surface area contributed by atoms with Crippen LogP contribution >= 0.6 is 11.6 Å². The van der Waals surface area contributed by atoms with Crippen molar-refractivity contribution in [2.45, 2.75) is 90.3 Å². The minimum Gasteiger partial charge on any atom is -0.444 e. The van der Waals surface area contributed by atoms with E-state index in [4.69, 9.17) is 16.3 Å². The molecule has 3 saturated heterocycles. The topological polar surface area (TPSA) is 181 Å². The minimum absolute atomic E-state index is 0.162. The molecule has 8 rings (SSSR count). The first-order chi connectivity index (χ1) is 33.1. The molecule has 3 aromatic heterocycles. The molecule has 0 unspecified atom stereocenters. The number of aryl methyl sites for hydroxylation is 1. The van der Waals surface area contributed by atoms with E-state index in [9.17, 15) is 19.2 Å². The first-order valence-electron chi connectivity index (χ1n) is 24.4. The number of piperazine rings is 1. The van der Waals surface area contributed by atoms with Gasteiger partial charge in [-0.15, -0.1) is 0 Å². The van der Waals surface area contributed by atoms with E-state index in [2.05, 4.69) is 69.6 Å². The number of aromatic amines is 1. The number of nitrogens with one attached hydrogen (secondary N) is 4. The first-order valence-corrected chi connectivity index (χ1v) is 24.7. The van der Waals surface area contributed by atoms with E-state index in [1.54, 1.807) is 6.20 Å². The van der Waals surface area contributed by atoms with Gasteiger partial charge in [0.15, 0.2) is 5.69 Å². The van der Waals surface area contributed by atoms with Crippen LogP contribution in [-0.2, 0) is 20.7 Å². The Morgan fingerprint density at radius 3 is 2.30 bits per heavy atom. The number of halogens is 1. The zero-order chi connectivity index (χ0) is 48.7. The van der Waals surface area contributed by atoms with E-state index in [0.717, 1.165) is 92.1 Å². The molecule has 5 aromatic rings. The number of carbonyl (C=O) groups is 4. The van der Waals surface area contributed by atoms with Gasteiger partial charge in [-0.25, -0.2) is 19.7 Å². The van der Waals surface area contributed by atoms with Gasteiger partial charge in [-0.05, 0) is 106 Å². The van der Waals surface area contributed by atoms with Gasteiger partial charge in [0.1, 0.15) is 28.9 Å². The van der Waals surface area contributed by atoms with E-state index in [0.29, 0.717) is 62.1 Å². The molecule has 0 saturated carbocycles. The summed E-state index contributed by atoms with van der Waals surface area (Å²) in [6.45, 7) is 16.6. The smallest absolute Gasteiger partial charge is 0.408 e. The number of piperidine rings is 2. The van der Waals surface area contributed by atoms with E-state index in [-0.39, 0.29) is 29.5 Å². The number of pyridine rings is 1. The summed E-state index contributed by atoms with van der Waals surface area (Å²) in [5.74, 6) is 0.583. The lowest BCUT2D eigenvalue weighted by molar-refractivity contribution is -0.129. The second-order valence-corrected chi connectivity index (χ2v) is 20.2. The number of fused-ring (bicyclic) bond motifs is 1. The molecule has 69 heavy (non-hydrogen) atoms. The molecule has 2 aromatic carbocycles. The van der Waals surface area contributed by atoms with Crippen LogP contribution in [0.3, 0.4) is 0 Å². The predicted octanol–water partition coefficient (Wildman–Crippen LogP) is 7.48. The molecule has 3 aliphatic rings. The number of likely N-dealkylation sites (tertiary alicyclic amines) is 1. The number of aromatic nitrogens is 4. The lowest BCUT2D eigenvalue weighted by Crippen LogP contribution is -2.64. The molecule has 3 fully saturated rings. The van der Waals surface area contributed by atoms with Gasteiger partial charge in [0.2, 0.25) is 11.8 Å². The van der Waals surface area contributed by atoms with Crippen LogP contribution in [0.15, 0.2) is 79.4 Å². The Balaban J connectivity index is 0.856. The molecule has 4 N–H and O–H groups in total. The molecule has 4 amide bonds. The second kappa shape index (κ2) is 21.7. The van der Waals surface area contributed by atoms with Crippen molar-refractivity contribution in [3.63, 3.8) is 0 Å². The lowest BCUT2D eigenvalue weighted by atomic mass is 9.85. The van der Waals surface area contributed by atoms with Gasteiger partial charge in [0.05, 0.1) is 17.1 Å². The highest BCUT2D eigenvalue weighted by molar-refractivity contribution is 6.30. The van der Waals surface area contributed by atoms with Crippen LogP contribution in [0.4, 0.5) is 16.3 Å². The van der Waals surface area contributed by atoms with Crippen LogP contribution in [0.5, 0.6) is 0 Å². The highest BCUT2D eigenvalue weighted by atomic mass is 35.5. The molecule has 16 nitrogen and oxygen atoms in total. The molecule has 3 aliphatic heterocycles. The van der Waals surface area contributed by atoms with E-state index in [1.165, 1.54) is 18.8 Å². The van der Waals surface area contributed by atoms with Crippen LogP contribution in [0.25, 0.3) is 22.2 Å². The Bertz CT molecular complexity index is 2590. The summed E-state index contributed by atoms with van der Waals surface area (Å²) < 4.78 is 5.70. The third kappa shape index (κ3) is 12.4. The molecule has 0 radical (unpaired) electrons. The summed E-state index contributed by atoms with van der Waals surface area (Å²) in [6, 6.07) is 19.3. The molecule has 0 spiro atoms. The maximum absolute atomic E-state index is 14.7. The largest absolute Gasteiger partial charge is 0.444 e. The van der Waals surface area contributed by atoms with Crippen LogP contribution in [0.2, 0.25) is 5.02 Å². The Morgan fingerprint density at radius 2 is 1.61 bits per heavy atom. The number of alkyl carbamates (subject to hydrolysis) is 1. The van der Waals surface area contributed by atoms with Crippen LogP contribution < -0.4 is 20.9 Å². The fraction of sp³-hybridized carbons (Fsp3) is 0.481. The van der Waals surface area contributed by atoms with Gasteiger partial charge >= 0.3 is 6.09 Å². The first kappa shape index (κ1) is 49.3. The minimum atomic E-state index is -1.22. The van der Waals surface area contributed by atoms with Crippen molar-refractivity contribution in [1.29, 1.82) is 0 Å². The number of amides is 4. The van der Waals surface area contributed by atoms with Gasteiger partial charge in [-0.1, -0.05) is 54.9 Å². The van der Waals surface area contributed by atoms with Gasteiger partial charge < -0.3 is 45.3 Å². The number of carbonyl (C=O) groups excluding carboxylic acids is 4. The maximum Gasteiger partial charge on any atom is 0.408 e. The van der Waals surface area contributed by atoms with Gasteiger partial charge in [-0.3, -0.25) is 14.4 Å². The van der Waals surface area contributed by atoms with Crippen molar-refractivity contribution in [2.75, 3.05) is 75.7 Å². The van der Waals surface area contributed by atoms with Crippen LogP contribution in [0, 0.1) is 5.92 Å². The molecule has 366 valence electrons. The second-order valence-electron chi connectivity index (χ2n) is 19.7. The van der Waals surface area contributed by atoms with Crippen LogP contribution in [0.1, 0.15) is 94.4 Å². The summed E-state index contributed by atoms with van der Waals surface area (Å²) >= 11 is 6.34. The zero-order valence-electron chi connectivity index (χ0n) is 40.5. The molecule has 17 heteroatoms. The van der Waals surface area contributed by atoms with Crippen LogP contribution in [-0.4, -0.2) is 135 Å². The Morgan fingerprint density at radius 1 is 0.884 bits per heavy atom. The Kier molecular flexibility index (Phi) is 15.5. The third-order valence-electron chi connectivity index (χ3n) is 13.7. The number of hydrogen-bond acceptors (Lipinski definition) is 11. The normalized spacial score (nSPS) is 17.6. The van der Waals surface area contributed by atoms with Crippen molar-refractivity contribution >= 4 is 58.0 Å². The van der Waals surface area contributed by atoms with Gasteiger partial charge in [0.25, 0.3) is 5.91 Å². The van der Waals surface area contributed by atoms with Crippen molar-refractivity contribution in [3.05, 3.63) is 101 Å². The standard InChI is InChI=1S/C52H66ClN11O5/c1-6-36-8-7-9-39(30-36)40-31-44(58-35(2)65)45(55-32-40)48(66)64-22-15-37(16-23-64)33-62-28-26-61(27-29-62)21-17-43(38-10-12-41(53)13-11-38)59-49(67)52(60-50(68)69-51(3,4)5)18-24-63(25-19-52)47-42-14-20-54-46(42)56-34-57-47/h7-14,20,30-32,34,37,43H,6,15-19,21-29,33H2,1-5H3,(H,58,65)(H,59,67)(H,60,68)(H,54,56,57)/t43-/m0/s1. The lowest BCUT2D eigenvalue weighted by Gasteiger charge is -2.42. The van der Waals surface area contributed by atoms with Crippen molar-refractivity contribution in [1.82, 2.24) is 45.3 Å². The predicted molar refractivity (Wildman–Crippen MR) is 269 cm³/mol. The molecule has 1 atom stereocenters. The maximum atomic E-state index is 14.7. The van der Waals surface area contributed by atoms with Crippen molar-refractivity contribution in [2.24, 2.45) is 5.92 Å². The highest BCUT2D eigenvalue weighted by Crippen LogP contribution is 2.32. The summed E-state index contributed by atoms with van der Waals surface area (Å²) in [4.78, 5) is 79.9. The zero-order valence-corrected chi connectivity index (χ0v) is 41.3. The van der Waals surface area contributed by atoms with E-state index >= 15 is 0 Å². The fourth-order valence-corrected chi connectivity index (χ4v) is 9.95. The Hall–Kier alpha value is -6.10. The molecular formula is C52H66ClN11O5. The monoisotopic (exact) mass is 959 g/mol. The number of rotatable bonds is 14. The fourth-order valence-electron chi connectivity index (χ4n) is 9.82. The highest BCUT2D eigenvalue weighted by Gasteiger charge is 2.45. The van der Waals surface area contributed by atoms with Gasteiger partial charge in [-0.2, -0.15) is 0 Å². The number of anilines is 2. The van der Waals surface area contributed by atoms with Crippen molar-refractivity contribution < 1.29 is 23.9 Å². The average molecular weight is 961 g/mol. The summed E-state index contributed by atoms with van der Waals surface area (Å²) in [7, 11) is 0. The number of benzene rings is 2. The van der Waals surface area contributed by atoms with Gasteiger partial charge in [0, 0.05) is 95.4 Å². The quantitative estimate of drug-likeness (QED) is 0.0867. The van der Waals surface area contributed by atoms with E-state index < -0.39 is 17.2 Å². The van der Waals surface area contributed by atoms with E-state index in [1.807, 2.05) is 80.4 Å². The molecule has 0 bridgehead atoms. The molecule has 0 aliphatic carbocycles. The number of ether oxygens (including phenoxy) is 1. The Labute approximate surface area is 409 Å². The average Bonchev–Trinajstić information content (AvgIpc) is 3.83. The molecular weight excluding hydrogens is 894 g/mol. The number of nitrogens with zero attached hydrogens (tertiary/aromatic N) is 7.